The van der Waals surface area contributed by atoms with Gasteiger partial charge in [-0.05, 0) is 37.8 Å². The average Bonchev–Trinajstić information content (AvgIpc) is 2.50. The van der Waals surface area contributed by atoms with E-state index >= 15 is 0 Å². The third-order valence-corrected chi connectivity index (χ3v) is 4.09. The molecular formula is C17H24N2O2. The van der Waals surface area contributed by atoms with E-state index in [0.717, 1.165) is 30.5 Å². The van der Waals surface area contributed by atoms with Gasteiger partial charge in [0.15, 0.2) is 0 Å². The first kappa shape index (κ1) is 15.5. The highest BCUT2D eigenvalue weighted by Crippen LogP contribution is 2.21. The molecule has 2 rings (SSSR count). The number of rotatable bonds is 4. The third-order valence-electron chi connectivity index (χ3n) is 4.09. The number of nitrogens with one attached hydrogen (secondary N) is 1. The van der Waals surface area contributed by atoms with Gasteiger partial charge in [0.25, 0.3) is 0 Å². The van der Waals surface area contributed by atoms with Gasteiger partial charge in [-0.3, -0.25) is 9.59 Å². The van der Waals surface area contributed by atoms with E-state index in [9.17, 15) is 9.59 Å². The molecule has 1 saturated heterocycles. The third kappa shape index (κ3) is 4.06. The Hall–Kier alpha value is -1.84. The van der Waals surface area contributed by atoms with Crippen LogP contribution in [0.1, 0.15) is 38.2 Å². The maximum Gasteiger partial charge on any atom is 0.227 e. The quantitative estimate of drug-likeness (QED) is 0.926. The number of amides is 2. The van der Waals surface area contributed by atoms with E-state index in [2.05, 4.69) is 5.32 Å². The standard InChI is InChI=1S/C17H24N2O2/c1-3-6-16(20)19-11-9-14(10-12-19)17(21)18-15-8-5-4-7-13(15)2/h4-5,7-8,14H,3,6,9-12H2,1-2H3,(H,18,21). The number of para-hydroxylation sites is 1. The number of nitrogens with zero attached hydrogens (tertiary/aromatic N) is 1. The minimum atomic E-state index is 0.00952. The van der Waals surface area contributed by atoms with Gasteiger partial charge in [0, 0.05) is 31.1 Å². The van der Waals surface area contributed by atoms with Crippen LogP contribution >= 0.6 is 0 Å². The molecule has 1 aromatic carbocycles. The van der Waals surface area contributed by atoms with Crippen molar-refractivity contribution in [2.24, 2.45) is 5.92 Å². The Morgan fingerprint density at radius 2 is 1.90 bits per heavy atom. The number of hydrogen-bond donors (Lipinski definition) is 1. The molecule has 1 aliphatic heterocycles. The number of carbonyl (C=O) groups is 2. The number of aryl methyl sites for hydroxylation is 1. The van der Waals surface area contributed by atoms with Crippen molar-refractivity contribution in [2.75, 3.05) is 18.4 Å². The number of anilines is 1. The molecule has 0 saturated carbocycles. The molecule has 4 heteroatoms. The Bertz CT molecular complexity index is 505. The highest BCUT2D eigenvalue weighted by Gasteiger charge is 2.27. The lowest BCUT2D eigenvalue weighted by atomic mass is 9.95. The van der Waals surface area contributed by atoms with E-state index in [4.69, 9.17) is 0 Å². The van der Waals surface area contributed by atoms with Crippen molar-refractivity contribution >= 4 is 17.5 Å². The fourth-order valence-electron chi connectivity index (χ4n) is 2.71. The van der Waals surface area contributed by atoms with Crippen molar-refractivity contribution in [2.45, 2.75) is 39.5 Å². The number of piperidine rings is 1. The molecule has 0 aliphatic carbocycles. The Kier molecular flexibility index (Phi) is 5.37. The second-order valence-corrected chi connectivity index (χ2v) is 5.71. The molecule has 1 heterocycles. The van der Waals surface area contributed by atoms with Crippen molar-refractivity contribution in [3.63, 3.8) is 0 Å². The molecule has 1 fully saturated rings. The van der Waals surface area contributed by atoms with Crippen molar-refractivity contribution in [3.05, 3.63) is 29.8 Å². The van der Waals surface area contributed by atoms with Crippen molar-refractivity contribution < 1.29 is 9.59 Å². The zero-order valence-corrected chi connectivity index (χ0v) is 12.9. The summed E-state index contributed by atoms with van der Waals surface area (Å²) in [7, 11) is 0. The minimum absolute atomic E-state index is 0.00952. The molecule has 0 bridgehead atoms. The van der Waals surface area contributed by atoms with Gasteiger partial charge >= 0.3 is 0 Å². The molecule has 114 valence electrons. The number of hydrogen-bond acceptors (Lipinski definition) is 2. The van der Waals surface area contributed by atoms with Crippen LogP contribution in [0.3, 0.4) is 0 Å². The van der Waals surface area contributed by atoms with E-state index < -0.39 is 0 Å². The fraction of sp³-hybridized carbons (Fsp3) is 0.529. The van der Waals surface area contributed by atoms with Crippen LogP contribution in [0, 0.1) is 12.8 Å². The highest BCUT2D eigenvalue weighted by molar-refractivity contribution is 5.93. The lowest BCUT2D eigenvalue weighted by Gasteiger charge is -2.31. The second kappa shape index (κ2) is 7.25. The summed E-state index contributed by atoms with van der Waals surface area (Å²) in [5.41, 5.74) is 1.95. The van der Waals surface area contributed by atoms with Gasteiger partial charge < -0.3 is 10.2 Å². The lowest BCUT2D eigenvalue weighted by molar-refractivity contribution is -0.134. The van der Waals surface area contributed by atoms with Gasteiger partial charge in [-0.25, -0.2) is 0 Å². The SMILES string of the molecule is CCCC(=O)N1CCC(C(=O)Nc2ccccc2C)CC1. The van der Waals surface area contributed by atoms with Crippen LogP contribution in [0.5, 0.6) is 0 Å². The Balaban J connectivity index is 1.86. The van der Waals surface area contributed by atoms with E-state index in [-0.39, 0.29) is 17.7 Å². The summed E-state index contributed by atoms with van der Waals surface area (Å²) in [5.74, 6) is 0.303. The zero-order valence-electron chi connectivity index (χ0n) is 12.9. The van der Waals surface area contributed by atoms with Gasteiger partial charge in [-0.2, -0.15) is 0 Å². The predicted octanol–water partition coefficient (Wildman–Crippen LogP) is 2.97. The maximum absolute atomic E-state index is 12.3. The van der Waals surface area contributed by atoms with Crippen LogP contribution in [-0.4, -0.2) is 29.8 Å². The summed E-state index contributed by atoms with van der Waals surface area (Å²) < 4.78 is 0. The highest BCUT2D eigenvalue weighted by atomic mass is 16.2. The first-order valence-electron chi connectivity index (χ1n) is 7.76. The minimum Gasteiger partial charge on any atom is -0.343 e. The second-order valence-electron chi connectivity index (χ2n) is 5.71. The number of likely N-dealkylation sites (tertiary alicyclic amines) is 1. The molecule has 0 atom stereocenters. The van der Waals surface area contributed by atoms with Crippen LogP contribution in [-0.2, 0) is 9.59 Å². The van der Waals surface area contributed by atoms with E-state index in [1.807, 2.05) is 43.0 Å². The summed E-state index contributed by atoms with van der Waals surface area (Å²) in [5, 5.41) is 3.01. The molecule has 1 aliphatic rings. The molecule has 0 aromatic heterocycles. The molecule has 0 unspecified atom stereocenters. The monoisotopic (exact) mass is 288 g/mol. The Labute approximate surface area is 126 Å². The van der Waals surface area contributed by atoms with Crippen molar-refractivity contribution in [3.8, 4) is 0 Å². The molecule has 2 amide bonds. The van der Waals surface area contributed by atoms with E-state index in [1.54, 1.807) is 0 Å². The zero-order chi connectivity index (χ0) is 15.2. The summed E-state index contributed by atoms with van der Waals surface area (Å²) in [6.45, 7) is 5.40. The summed E-state index contributed by atoms with van der Waals surface area (Å²) in [6.07, 6.45) is 3.01. The molecule has 4 nitrogen and oxygen atoms in total. The molecule has 21 heavy (non-hydrogen) atoms. The average molecular weight is 288 g/mol. The first-order valence-corrected chi connectivity index (χ1v) is 7.76. The van der Waals surface area contributed by atoms with Crippen LogP contribution in [0.25, 0.3) is 0 Å². The molecular weight excluding hydrogens is 264 g/mol. The van der Waals surface area contributed by atoms with Gasteiger partial charge in [-0.1, -0.05) is 25.1 Å². The van der Waals surface area contributed by atoms with Crippen molar-refractivity contribution in [1.29, 1.82) is 0 Å². The normalized spacial score (nSPS) is 15.8. The number of carbonyl (C=O) groups excluding carboxylic acids is 2. The summed E-state index contributed by atoms with van der Waals surface area (Å²) in [6, 6.07) is 7.80. The molecule has 0 spiro atoms. The molecule has 1 N–H and O–H groups in total. The van der Waals surface area contributed by atoms with Gasteiger partial charge in [-0.15, -0.1) is 0 Å². The van der Waals surface area contributed by atoms with E-state index in [1.165, 1.54) is 0 Å². The Morgan fingerprint density at radius 3 is 2.52 bits per heavy atom. The van der Waals surface area contributed by atoms with Crippen molar-refractivity contribution in [1.82, 2.24) is 4.90 Å². The summed E-state index contributed by atoms with van der Waals surface area (Å²) >= 11 is 0. The predicted molar refractivity (Wildman–Crippen MR) is 84.0 cm³/mol. The van der Waals surface area contributed by atoms with Gasteiger partial charge in [0.2, 0.25) is 11.8 Å². The lowest BCUT2D eigenvalue weighted by Crippen LogP contribution is -2.41. The summed E-state index contributed by atoms with van der Waals surface area (Å²) in [4.78, 5) is 26.0. The topological polar surface area (TPSA) is 49.4 Å². The first-order chi connectivity index (χ1) is 10.1. The van der Waals surface area contributed by atoms with E-state index in [0.29, 0.717) is 19.5 Å². The van der Waals surface area contributed by atoms with Gasteiger partial charge in [0.05, 0.1) is 0 Å². The van der Waals surface area contributed by atoms with Crippen LogP contribution in [0.4, 0.5) is 5.69 Å². The fourth-order valence-corrected chi connectivity index (χ4v) is 2.71. The Morgan fingerprint density at radius 1 is 1.24 bits per heavy atom. The van der Waals surface area contributed by atoms with Crippen LogP contribution < -0.4 is 5.32 Å². The maximum atomic E-state index is 12.3. The van der Waals surface area contributed by atoms with Gasteiger partial charge in [0.1, 0.15) is 0 Å². The van der Waals surface area contributed by atoms with Crippen LogP contribution in [0.15, 0.2) is 24.3 Å². The molecule has 1 aromatic rings. The largest absolute Gasteiger partial charge is 0.343 e. The molecule has 0 radical (unpaired) electrons. The smallest absolute Gasteiger partial charge is 0.227 e. The number of benzene rings is 1. The van der Waals surface area contributed by atoms with Crippen LogP contribution in [0.2, 0.25) is 0 Å².